The molecule has 2 aliphatic rings. The standard InChI is InChI=1S/C8H8N2O3/c11-7(12)6-5(9-13-10-6)4-3-8(4)1-2-8/h4H,1-3H2,(H,11,12). The molecule has 1 atom stereocenters. The fourth-order valence-electron chi connectivity index (χ4n) is 2.02. The van der Waals surface area contributed by atoms with Gasteiger partial charge in [-0.1, -0.05) is 5.16 Å². The highest BCUT2D eigenvalue weighted by molar-refractivity contribution is 5.86. The Morgan fingerprint density at radius 3 is 2.85 bits per heavy atom. The average molecular weight is 180 g/mol. The molecule has 0 amide bonds. The Morgan fingerprint density at radius 1 is 1.54 bits per heavy atom. The Labute approximate surface area is 73.7 Å². The van der Waals surface area contributed by atoms with Crippen LogP contribution in [-0.2, 0) is 0 Å². The number of carboxylic acids is 1. The Morgan fingerprint density at radius 2 is 2.31 bits per heavy atom. The quantitative estimate of drug-likeness (QED) is 0.735. The highest BCUT2D eigenvalue weighted by Gasteiger charge is 2.65. The first-order valence-corrected chi connectivity index (χ1v) is 4.29. The van der Waals surface area contributed by atoms with E-state index >= 15 is 0 Å². The molecule has 1 aromatic rings. The summed E-state index contributed by atoms with van der Waals surface area (Å²) in [7, 11) is 0. The number of carbonyl (C=O) groups is 1. The number of nitrogens with zero attached hydrogens (tertiary/aromatic N) is 2. The van der Waals surface area contributed by atoms with Gasteiger partial charge in [0.05, 0.1) is 0 Å². The van der Waals surface area contributed by atoms with Crippen LogP contribution in [0.4, 0.5) is 0 Å². The van der Waals surface area contributed by atoms with E-state index in [1.807, 2.05) is 0 Å². The molecular formula is C8H8N2O3. The molecule has 0 radical (unpaired) electrons. The van der Waals surface area contributed by atoms with Gasteiger partial charge in [-0.25, -0.2) is 9.42 Å². The van der Waals surface area contributed by atoms with E-state index in [1.54, 1.807) is 0 Å². The van der Waals surface area contributed by atoms with Gasteiger partial charge < -0.3 is 5.11 Å². The molecule has 1 heterocycles. The van der Waals surface area contributed by atoms with Gasteiger partial charge in [-0.2, -0.15) is 0 Å². The molecule has 1 spiro atoms. The van der Waals surface area contributed by atoms with E-state index in [2.05, 4.69) is 14.9 Å². The van der Waals surface area contributed by atoms with Crippen LogP contribution in [-0.4, -0.2) is 21.4 Å². The van der Waals surface area contributed by atoms with Gasteiger partial charge in [-0.05, 0) is 29.8 Å². The van der Waals surface area contributed by atoms with E-state index in [1.165, 1.54) is 12.8 Å². The third kappa shape index (κ3) is 0.839. The summed E-state index contributed by atoms with van der Waals surface area (Å²) in [5, 5.41) is 15.8. The SMILES string of the molecule is O=C(O)c1nonc1C1CC12CC2. The van der Waals surface area contributed by atoms with Gasteiger partial charge in [0.1, 0.15) is 5.69 Å². The van der Waals surface area contributed by atoms with Crippen LogP contribution in [0.2, 0.25) is 0 Å². The number of hydrogen-bond acceptors (Lipinski definition) is 4. The number of hydrogen-bond donors (Lipinski definition) is 1. The number of rotatable bonds is 2. The maximum absolute atomic E-state index is 10.7. The van der Waals surface area contributed by atoms with Crippen LogP contribution >= 0.6 is 0 Å². The molecule has 3 rings (SSSR count). The highest BCUT2D eigenvalue weighted by Crippen LogP contribution is 2.74. The van der Waals surface area contributed by atoms with Gasteiger partial charge in [-0.15, -0.1) is 0 Å². The van der Waals surface area contributed by atoms with E-state index in [0.29, 0.717) is 17.0 Å². The Balaban J connectivity index is 1.96. The van der Waals surface area contributed by atoms with Gasteiger partial charge in [0, 0.05) is 5.92 Å². The lowest BCUT2D eigenvalue weighted by atomic mass is 10.2. The third-order valence-electron chi connectivity index (χ3n) is 3.13. The van der Waals surface area contributed by atoms with Crippen LogP contribution in [0.5, 0.6) is 0 Å². The average Bonchev–Trinajstić information content (AvgIpc) is 2.96. The molecule has 2 aliphatic carbocycles. The summed E-state index contributed by atoms with van der Waals surface area (Å²) in [4.78, 5) is 10.7. The summed E-state index contributed by atoms with van der Waals surface area (Å²) in [5.74, 6) is -0.746. The largest absolute Gasteiger partial charge is 0.476 e. The zero-order valence-electron chi connectivity index (χ0n) is 6.86. The molecule has 1 unspecified atom stereocenters. The molecule has 2 saturated carbocycles. The van der Waals surface area contributed by atoms with E-state index in [9.17, 15) is 4.79 Å². The molecule has 5 heteroatoms. The van der Waals surface area contributed by atoms with Crippen molar-refractivity contribution < 1.29 is 14.5 Å². The molecule has 0 aromatic carbocycles. The minimum atomic E-state index is -1.04. The van der Waals surface area contributed by atoms with Gasteiger partial charge >= 0.3 is 5.97 Å². The van der Waals surface area contributed by atoms with Gasteiger partial charge in [0.15, 0.2) is 0 Å². The second kappa shape index (κ2) is 1.92. The molecule has 1 aromatic heterocycles. The van der Waals surface area contributed by atoms with Crippen LogP contribution in [0.15, 0.2) is 4.63 Å². The van der Waals surface area contributed by atoms with Crippen molar-refractivity contribution in [1.29, 1.82) is 0 Å². The second-order valence-corrected chi connectivity index (χ2v) is 3.92. The van der Waals surface area contributed by atoms with Gasteiger partial charge in [0.25, 0.3) is 0 Å². The first-order valence-electron chi connectivity index (χ1n) is 4.29. The summed E-state index contributed by atoms with van der Waals surface area (Å²) >= 11 is 0. The minimum Gasteiger partial charge on any atom is -0.476 e. The van der Waals surface area contributed by atoms with Crippen molar-refractivity contribution >= 4 is 5.97 Å². The van der Waals surface area contributed by atoms with Crippen molar-refractivity contribution in [3.63, 3.8) is 0 Å². The number of aromatic nitrogens is 2. The van der Waals surface area contributed by atoms with E-state index in [0.717, 1.165) is 6.42 Å². The predicted molar refractivity (Wildman–Crippen MR) is 40.3 cm³/mol. The highest BCUT2D eigenvalue weighted by atomic mass is 16.6. The van der Waals surface area contributed by atoms with Crippen molar-refractivity contribution in [2.24, 2.45) is 5.41 Å². The van der Waals surface area contributed by atoms with E-state index in [4.69, 9.17) is 5.11 Å². The van der Waals surface area contributed by atoms with Crippen LogP contribution in [0.1, 0.15) is 41.4 Å². The van der Waals surface area contributed by atoms with Crippen molar-refractivity contribution in [1.82, 2.24) is 10.3 Å². The molecule has 68 valence electrons. The van der Waals surface area contributed by atoms with Crippen molar-refractivity contribution in [3.8, 4) is 0 Å². The lowest BCUT2D eigenvalue weighted by Crippen LogP contribution is -2.01. The van der Waals surface area contributed by atoms with E-state index in [-0.39, 0.29) is 5.69 Å². The summed E-state index contributed by atoms with van der Waals surface area (Å²) in [6, 6.07) is 0. The van der Waals surface area contributed by atoms with E-state index < -0.39 is 5.97 Å². The fraction of sp³-hybridized carbons (Fsp3) is 0.625. The summed E-state index contributed by atoms with van der Waals surface area (Å²) in [5.41, 5.74) is 0.932. The summed E-state index contributed by atoms with van der Waals surface area (Å²) in [6.45, 7) is 0. The smallest absolute Gasteiger partial charge is 0.360 e. The van der Waals surface area contributed by atoms with Crippen LogP contribution < -0.4 is 0 Å². The maximum atomic E-state index is 10.7. The van der Waals surface area contributed by atoms with Crippen molar-refractivity contribution in [3.05, 3.63) is 11.4 Å². The fourth-order valence-corrected chi connectivity index (χ4v) is 2.02. The summed E-state index contributed by atoms with van der Waals surface area (Å²) < 4.78 is 4.45. The summed E-state index contributed by atoms with van der Waals surface area (Å²) in [6.07, 6.45) is 3.45. The van der Waals surface area contributed by atoms with Crippen LogP contribution in [0.3, 0.4) is 0 Å². The zero-order valence-corrected chi connectivity index (χ0v) is 6.86. The monoisotopic (exact) mass is 180 g/mol. The van der Waals surface area contributed by atoms with Crippen molar-refractivity contribution in [2.75, 3.05) is 0 Å². The molecule has 1 N–H and O–H groups in total. The van der Waals surface area contributed by atoms with Crippen LogP contribution in [0.25, 0.3) is 0 Å². The predicted octanol–water partition coefficient (Wildman–Crippen LogP) is 1.04. The normalized spacial score (nSPS) is 27.5. The lowest BCUT2D eigenvalue weighted by molar-refractivity contribution is 0.0684. The lowest BCUT2D eigenvalue weighted by Gasteiger charge is -1.90. The molecule has 5 nitrogen and oxygen atoms in total. The third-order valence-corrected chi connectivity index (χ3v) is 3.13. The van der Waals surface area contributed by atoms with Gasteiger partial charge in [0.2, 0.25) is 5.69 Å². The Hall–Kier alpha value is -1.39. The molecular weight excluding hydrogens is 172 g/mol. The molecule has 0 aliphatic heterocycles. The minimum absolute atomic E-state index is 0.00576. The first kappa shape index (κ1) is 7.06. The topological polar surface area (TPSA) is 76.2 Å². The first-order chi connectivity index (χ1) is 6.23. The van der Waals surface area contributed by atoms with Gasteiger partial charge in [-0.3, -0.25) is 0 Å². The number of carboxylic acid groups (broad SMARTS) is 1. The Kier molecular flexibility index (Phi) is 1.04. The number of aromatic carboxylic acids is 1. The molecule has 0 bridgehead atoms. The molecule has 13 heavy (non-hydrogen) atoms. The molecule has 2 fully saturated rings. The Bertz CT molecular complexity index is 380. The maximum Gasteiger partial charge on any atom is 0.360 e. The van der Waals surface area contributed by atoms with Crippen molar-refractivity contribution in [2.45, 2.75) is 25.2 Å². The van der Waals surface area contributed by atoms with Crippen LogP contribution in [0, 0.1) is 5.41 Å². The molecule has 0 saturated heterocycles. The second-order valence-electron chi connectivity index (χ2n) is 3.92. The zero-order chi connectivity index (χ0) is 9.05.